The van der Waals surface area contributed by atoms with Crippen molar-refractivity contribution in [1.29, 1.82) is 0 Å². The van der Waals surface area contributed by atoms with Crippen molar-refractivity contribution in [1.82, 2.24) is 0 Å². The van der Waals surface area contributed by atoms with Crippen LogP contribution in [0.25, 0.3) is 98.4 Å². The molecule has 0 N–H and O–H groups in total. The van der Waals surface area contributed by atoms with Crippen LogP contribution in [0.4, 0.5) is 0 Å². The highest BCUT2D eigenvalue weighted by molar-refractivity contribution is 6.28. The molecule has 0 unspecified atom stereocenters. The number of hydrogen-bond donors (Lipinski definition) is 0. The predicted molar refractivity (Wildman–Crippen MR) is 184 cm³/mol. The molecular formula is C42H24O2. The molecule has 0 bridgehead atoms. The van der Waals surface area contributed by atoms with Crippen LogP contribution in [0, 0.1) is 0 Å². The molecule has 0 aliphatic rings. The van der Waals surface area contributed by atoms with Crippen molar-refractivity contribution in [2.24, 2.45) is 0 Å². The SMILES string of the molecule is c1ccc2c(c1)ccc1c(-c3ccc4c(c3)oc3ccccc34)c3ccccc3c(-c3ccc4c(c3)oc3ccccc34)c12. The Hall–Kier alpha value is -5.86. The maximum absolute atomic E-state index is 6.37. The molecule has 0 amide bonds. The lowest BCUT2D eigenvalue weighted by Crippen LogP contribution is -1.92. The molecule has 8 aromatic carbocycles. The molecule has 10 aromatic rings. The van der Waals surface area contributed by atoms with Crippen molar-refractivity contribution in [3.8, 4) is 22.3 Å². The van der Waals surface area contributed by atoms with E-state index in [2.05, 4.69) is 121 Å². The molecule has 2 heterocycles. The van der Waals surface area contributed by atoms with Gasteiger partial charge in [-0.15, -0.1) is 0 Å². The van der Waals surface area contributed by atoms with Gasteiger partial charge in [-0.2, -0.15) is 0 Å². The zero-order valence-corrected chi connectivity index (χ0v) is 23.7. The lowest BCUT2D eigenvalue weighted by atomic mass is 9.84. The summed E-state index contributed by atoms with van der Waals surface area (Å²) in [4.78, 5) is 0. The Morgan fingerprint density at radius 2 is 0.750 bits per heavy atom. The van der Waals surface area contributed by atoms with Crippen molar-refractivity contribution in [2.75, 3.05) is 0 Å². The van der Waals surface area contributed by atoms with E-state index >= 15 is 0 Å². The van der Waals surface area contributed by atoms with Crippen LogP contribution in [0.3, 0.4) is 0 Å². The molecule has 10 rings (SSSR count). The minimum Gasteiger partial charge on any atom is -0.456 e. The van der Waals surface area contributed by atoms with Crippen LogP contribution in [0.5, 0.6) is 0 Å². The van der Waals surface area contributed by atoms with E-state index in [0.717, 1.165) is 55.0 Å². The predicted octanol–water partition coefficient (Wildman–Crippen LogP) is 12.3. The topological polar surface area (TPSA) is 26.3 Å². The Labute approximate surface area is 252 Å². The van der Waals surface area contributed by atoms with Gasteiger partial charge in [-0.1, -0.05) is 109 Å². The Morgan fingerprint density at radius 1 is 0.295 bits per heavy atom. The highest BCUT2D eigenvalue weighted by Crippen LogP contribution is 2.47. The van der Waals surface area contributed by atoms with Crippen LogP contribution in [0.15, 0.2) is 154 Å². The van der Waals surface area contributed by atoms with Gasteiger partial charge in [-0.3, -0.25) is 0 Å². The van der Waals surface area contributed by atoms with E-state index in [1.165, 1.54) is 43.4 Å². The zero-order chi connectivity index (χ0) is 28.8. The average Bonchev–Trinajstić information content (AvgIpc) is 3.64. The van der Waals surface area contributed by atoms with E-state index in [1.54, 1.807) is 0 Å². The van der Waals surface area contributed by atoms with Gasteiger partial charge in [0.2, 0.25) is 0 Å². The van der Waals surface area contributed by atoms with Crippen LogP contribution < -0.4 is 0 Å². The lowest BCUT2D eigenvalue weighted by Gasteiger charge is -2.19. The summed E-state index contributed by atoms with van der Waals surface area (Å²) < 4.78 is 12.7. The second-order valence-corrected chi connectivity index (χ2v) is 11.6. The standard InChI is InChI=1S/C42H24O2/c1-2-10-28-25(9-1)17-22-35-40(26-18-20-31-29-11-5-7-15-36(29)43-38(31)23-26)33-13-3-4-14-34(33)41(42(28)35)27-19-21-32-30-12-6-8-16-37(30)44-39(32)24-27/h1-24H. The Kier molecular flexibility index (Phi) is 4.75. The van der Waals surface area contributed by atoms with E-state index in [1.807, 2.05) is 24.3 Å². The smallest absolute Gasteiger partial charge is 0.136 e. The fourth-order valence-corrected chi connectivity index (χ4v) is 7.32. The van der Waals surface area contributed by atoms with E-state index < -0.39 is 0 Å². The minimum atomic E-state index is 0.903. The van der Waals surface area contributed by atoms with Gasteiger partial charge in [0.1, 0.15) is 22.3 Å². The fourth-order valence-electron chi connectivity index (χ4n) is 7.32. The van der Waals surface area contributed by atoms with E-state index in [9.17, 15) is 0 Å². The molecule has 2 heteroatoms. The van der Waals surface area contributed by atoms with Gasteiger partial charge in [0, 0.05) is 21.5 Å². The first-order chi connectivity index (χ1) is 21.8. The molecule has 0 spiro atoms. The molecule has 2 nitrogen and oxygen atoms in total. The maximum atomic E-state index is 6.37. The van der Waals surface area contributed by atoms with Crippen LogP contribution in [-0.2, 0) is 0 Å². The molecule has 204 valence electrons. The Balaban J connectivity index is 1.35. The first-order valence-electron chi connectivity index (χ1n) is 15.0. The highest BCUT2D eigenvalue weighted by Gasteiger charge is 2.20. The zero-order valence-electron chi connectivity index (χ0n) is 23.7. The van der Waals surface area contributed by atoms with Gasteiger partial charge in [-0.25, -0.2) is 0 Å². The third-order valence-corrected chi connectivity index (χ3v) is 9.25. The summed E-state index contributed by atoms with van der Waals surface area (Å²) >= 11 is 0. The van der Waals surface area contributed by atoms with Crippen LogP contribution in [0.1, 0.15) is 0 Å². The molecule has 2 aromatic heterocycles. The third kappa shape index (κ3) is 3.25. The molecule has 44 heavy (non-hydrogen) atoms. The first-order valence-corrected chi connectivity index (χ1v) is 15.0. The second kappa shape index (κ2) is 8.82. The fraction of sp³-hybridized carbons (Fsp3) is 0. The van der Waals surface area contributed by atoms with Crippen LogP contribution in [-0.4, -0.2) is 0 Å². The third-order valence-electron chi connectivity index (χ3n) is 9.25. The number of fused-ring (bicyclic) bond motifs is 10. The Bertz CT molecular complexity index is 2780. The summed E-state index contributed by atoms with van der Waals surface area (Å²) in [6.07, 6.45) is 0. The molecule has 0 fully saturated rings. The lowest BCUT2D eigenvalue weighted by molar-refractivity contribution is 0.668. The second-order valence-electron chi connectivity index (χ2n) is 11.6. The molecule has 0 saturated carbocycles. The van der Waals surface area contributed by atoms with Crippen molar-refractivity contribution < 1.29 is 8.83 Å². The van der Waals surface area contributed by atoms with Gasteiger partial charge in [0.25, 0.3) is 0 Å². The van der Waals surface area contributed by atoms with Crippen LogP contribution >= 0.6 is 0 Å². The number of hydrogen-bond acceptors (Lipinski definition) is 2. The summed E-state index contributed by atoms with van der Waals surface area (Å²) in [7, 11) is 0. The van der Waals surface area contributed by atoms with Crippen molar-refractivity contribution in [3.05, 3.63) is 146 Å². The summed E-state index contributed by atoms with van der Waals surface area (Å²) in [6, 6.07) is 52.0. The molecular weight excluding hydrogens is 536 g/mol. The molecule has 0 radical (unpaired) electrons. The van der Waals surface area contributed by atoms with E-state index in [0.29, 0.717) is 0 Å². The van der Waals surface area contributed by atoms with Crippen molar-refractivity contribution in [3.63, 3.8) is 0 Å². The molecule has 0 atom stereocenters. The quantitative estimate of drug-likeness (QED) is 0.155. The first kappa shape index (κ1) is 23.7. The number of benzene rings is 8. The van der Waals surface area contributed by atoms with Gasteiger partial charge < -0.3 is 8.83 Å². The maximum Gasteiger partial charge on any atom is 0.136 e. The highest BCUT2D eigenvalue weighted by atomic mass is 16.3. The van der Waals surface area contributed by atoms with Crippen molar-refractivity contribution in [2.45, 2.75) is 0 Å². The minimum absolute atomic E-state index is 0.903. The van der Waals surface area contributed by atoms with Gasteiger partial charge in [0.15, 0.2) is 0 Å². The molecule has 0 aliphatic heterocycles. The monoisotopic (exact) mass is 560 g/mol. The molecule has 0 saturated heterocycles. The van der Waals surface area contributed by atoms with Gasteiger partial charge >= 0.3 is 0 Å². The summed E-state index contributed by atoms with van der Waals surface area (Å²) in [6.45, 7) is 0. The number of furan rings is 2. The molecule has 0 aliphatic carbocycles. The van der Waals surface area contributed by atoms with Crippen molar-refractivity contribution >= 4 is 76.2 Å². The van der Waals surface area contributed by atoms with E-state index in [4.69, 9.17) is 8.83 Å². The average molecular weight is 561 g/mol. The summed E-state index contributed by atoms with van der Waals surface area (Å²) in [5, 5.41) is 11.9. The normalized spacial score (nSPS) is 12.1. The summed E-state index contributed by atoms with van der Waals surface area (Å²) in [5.41, 5.74) is 8.37. The summed E-state index contributed by atoms with van der Waals surface area (Å²) in [5.74, 6) is 0. The van der Waals surface area contributed by atoms with Gasteiger partial charge in [0.05, 0.1) is 0 Å². The Morgan fingerprint density at radius 3 is 1.39 bits per heavy atom. The van der Waals surface area contributed by atoms with Crippen LogP contribution in [0.2, 0.25) is 0 Å². The van der Waals surface area contributed by atoms with E-state index in [-0.39, 0.29) is 0 Å². The number of para-hydroxylation sites is 2. The largest absolute Gasteiger partial charge is 0.456 e. The number of rotatable bonds is 2. The van der Waals surface area contributed by atoms with Gasteiger partial charge in [-0.05, 0) is 91.0 Å².